The van der Waals surface area contributed by atoms with E-state index in [2.05, 4.69) is 42.0 Å². The fourth-order valence-corrected chi connectivity index (χ4v) is 6.32. The molecule has 13 heteroatoms. The van der Waals surface area contributed by atoms with Gasteiger partial charge < -0.3 is 10.4 Å². The van der Waals surface area contributed by atoms with Crippen LogP contribution in [-0.2, 0) is 21.2 Å². The lowest BCUT2D eigenvalue weighted by atomic mass is 10.1. The predicted molar refractivity (Wildman–Crippen MR) is 149 cm³/mol. The van der Waals surface area contributed by atoms with Gasteiger partial charge in [-0.05, 0) is 98.7 Å². The largest absolute Gasteiger partial charge is 0.480 e. The number of carboxylic acids is 1. The highest BCUT2D eigenvalue weighted by atomic mass is 127. The number of nitrogens with one attached hydrogen (secondary N) is 2. The van der Waals surface area contributed by atoms with Crippen molar-refractivity contribution in [3.8, 4) is 0 Å². The molecule has 1 atom stereocenters. The van der Waals surface area contributed by atoms with Crippen LogP contribution in [0.25, 0.3) is 10.1 Å². The third kappa shape index (κ3) is 6.07. The maximum absolute atomic E-state index is 13.2. The summed E-state index contributed by atoms with van der Waals surface area (Å²) in [7, 11) is -4.18. The molecule has 3 N–H and O–H groups in total. The first-order valence-corrected chi connectivity index (χ1v) is 14.4. The van der Waals surface area contributed by atoms with Crippen LogP contribution in [0.4, 0.5) is 5.69 Å². The molecule has 1 amide bonds. The minimum absolute atomic E-state index is 0.00906. The Balaban J connectivity index is 1.63. The van der Waals surface area contributed by atoms with E-state index in [-0.39, 0.29) is 22.7 Å². The average molecular weight is 734 g/mol. The van der Waals surface area contributed by atoms with Crippen LogP contribution < -0.4 is 10.0 Å². The van der Waals surface area contributed by atoms with Gasteiger partial charge in [0.1, 0.15) is 6.04 Å². The lowest BCUT2D eigenvalue weighted by Crippen LogP contribution is -2.42. The highest BCUT2D eigenvalue weighted by Gasteiger charge is 2.26. The van der Waals surface area contributed by atoms with E-state index < -0.39 is 27.9 Å². The van der Waals surface area contributed by atoms with Crippen molar-refractivity contribution in [3.63, 3.8) is 0 Å². The second kappa shape index (κ2) is 10.7. The van der Waals surface area contributed by atoms with E-state index in [9.17, 15) is 23.1 Å². The molecule has 180 valence electrons. The number of amides is 1. The van der Waals surface area contributed by atoms with Crippen LogP contribution in [0.5, 0.6) is 0 Å². The second-order valence-electron chi connectivity index (χ2n) is 7.35. The van der Waals surface area contributed by atoms with Crippen LogP contribution in [0.3, 0.4) is 0 Å². The number of carbonyl (C=O) groups is 2. The third-order valence-electron chi connectivity index (χ3n) is 4.90. The molecule has 4 rings (SSSR count). The summed E-state index contributed by atoms with van der Waals surface area (Å²) >= 11 is 5.26. The summed E-state index contributed by atoms with van der Waals surface area (Å²) in [5.74, 6) is -1.92. The average Bonchev–Trinajstić information content (AvgIpc) is 3.27. The molecule has 0 aliphatic heterocycles. The van der Waals surface area contributed by atoms with Gasteiger partial charge in [0.15, 0.2) is 5.03 Å². The van der Waals surface area contributed by atoms with E-state index in [4.69, 9.17) is 0 Å². The molecular weight excluding hydrogens is 718 g/mol. The third-order valence-corrected chi connectivity index (χ3v) is 8.33. The van der Waals surface area contributed by atoms with Gasteiger partial charge in [-0.25, -0.2) is 9.78 Å². The molecule has 0 bridgehead atoms. The zero-order valence-corrected chi connectivity index (χ0v) is 23.6. The van der Waals surface area contributed by atoms with E-state index in [0.29, 0.717) is 13.7 Å². The highest BCUT2D eigenvalue weighted by Crippen LogP contribution is 2.27. The van der Waals surface area contributed by atoms with Gasteiger partial charge in [0.2, 0.25) is 0 Å². The van der Waals surface area contributed by atoms with E-state index in [0.717, 1.165) is 20.7 Å². The lowest BCUT2D eigenvalue weighted by molar-refractivity contribution is -0.139. The number of benzene rings is 2. The van der Waals surface area contributed by atoms with Crippen molar-refractivity contribution in [2.45, 2.75) is 17.5 Å². The number of pyridine rings is 1. The Morgan fingerprint density at radius 1 is 1.09 bits per heavy atom. The summed E-state index contributed by atoms with van der Waals surface area (Å²) in [6.45, 7) is 0. The van der Waals surface area contributed by atoms with Gasteiger partial charge >= 0.3 is 5.97 Å². The molecule has 2 aromatic carbocycles. The first kappa shape index (κ1) is 25.7. The Labute approximate surface area is 231 Å². The highest BCUT2D eigenvalue weighted by molar-refractivity contribution is 14.1. The topological polar surface area (TPSA) is 138 Å². The van der Waals surface area contributed by atoms with Gasteiger partial charge in [-0.1, -0.05) is 12.1 Å². The van der Waals surface area contributed by atoms with Gasteiger partial charge in [0, 0.05) is 19.8 Å². The van der Waals surface area contributed by atoms with Crippen LogP contribution in [0.15, 0.2) is 66.0 Å². The lowest BCUT2D eigenvalue weighted by Gasteiger charge is -2.17. The van der Waals surface area contributed by atoms with Crippen molar-refractivity contribution in [1.29, 1.82) is 0 Å². The molecule has 0 aliphatic rings. The summed E-state index contributed by atoms with van der Waals surface area (Å²) in [5, 5.41) is 12.3. The zero-order chi connectivity index (χ0) is 25.2. The summed E-state index contributed by atoms with van der Waals surface area (Å²) in [5.41, 5.74) is 0.741. The number of carboxylic acid groups (broad SMARTS) is 1. The number of sulfonamides is 1. The summed E-state index contributed by atoms with van der Waals surface area (Å²) in [6, 6.07) is 12.3. The number of halogens is 2. The fourth-order valence-electron chi connectivity index (χ4n) is 3.31. The Hall–Kier alpha value is -2.37. The molecule has 0 fully saturated rings. The van der Waals surface area contributed by atoms with Gasteiger partial charge in [0.25, 0.3) is 15.9 Å². The molecular formula is C22H16I2N4O5S2. The maximum Gasteiger partial charge on any atom is 0.326 e. The minimum atomic E-state index is -4.18. The van der Waals surface area contributed by atoms with E-state index in [1.165, 1.54) is 24.5 Å². The summed E-state index contributed by atoms with van der Waals surface area (Å²) in [6.07, 6.45) is 2.87. The van der Waals surface area contributed by atoms with Crippen molar-refractivity contribution in [2.75, 3.05) is 4.72 Å². The monoisotopic (exact) mass is 734 g/mol. The number of rotatable bonds is 8. The number of hydrogen-bond acceptors (Lipinski definition) is 7. The van der Waals surface area contributed by atoms with Crippen molar-refractivity contribution in [2.24, 2.45) is 0 Å². The first-order valence-electron chi connectivity index (χ1n) is 9.94. The number of aromatic nitrogens is 2. The molecule has 2 heterocycles. The summed E-state index contributed by atoms with van der Waals surface area (Å²) in [4.78, 5) is 29.0. The Kier molecular flexibility index (Phi) is 7.87. The molecule has 0 saturated heterocycles. The number of aliphatic carboxylic acids is 1. The normalized spacial score (nSPS) is 12.3. The number of hydrogen-bond donors (Lipinski definition) is 3. The Morgan fingerprint density at radius 3 is 2.60 bits per heavy atom. The van der Waals surface area contributed by atoms with Gasteiger partial charge in [-0.15, -0.1) is 0 Å². The molecule has 0 aliphatic carbocycles. The number of anilines is 1. The van der Waals surface area contributed by atoms with Crippen LogP contribution in [0.2, 0.25) is 0 Å². The molecule has 0 spiro atoms. The molecule has 4 aromatic rings. The number of nitrogens with zero attached hydrogens (tertiary/aromatic N) is 2. The SMILES string of the molecule is O=C(N[C@@H](Cc1cccc(I)c1)C(=O)O)c1ccc(I)cc1NS(=O)(=O)c1nccc2sncc12. The van der Waals surface area contributed by atoms with E-state index in [1.54, 1.807) is 24.3 Å². The quantitative estimate of drug-likeness (QED) is 0.232. The predicted octanol–water partition coefficient (Wildman–Crippen LogP) is 4.13. The fraction of sp³-hybridized carbons (Fsp3) is 0.0909. The van der Waals surface area contributed by atoms with Crippen molar-refractivity contribution < 1.29 is 23.1 Å². The minimum Gasteiger partial charge on any atom is -0.480 e. The molecule has 0 radical (unpaired) electrons. The first-order chi connectivity index (χ1) is 16.6. The van der Waals surface area contributed by atoms with Crippen LogP contribution >= 0.6 is 56.7 Å². The molecule has 9 nitrogen and oxygen atoms in total. The Morgan fingerprint density at radius 2 is 1.86 bits per heavy atom. The smallest absolute Gasteiger partial charge is 0.326 e. The van der Waals surface area contributed by atoms with Crippen molar-refractivity contribution in [1.82, 2.24) is 14.7 Å². The zero-order valence-electron chi connectivity index (χ0n) is 17.6. The molecule has 2 aromatic heterocycles. The van der Waals surface area contributed by atoms with Gasteiger partial charge in [-0.3, -0.25) is 9.52 Å². The van der Waals surface area contributed by atoms with Crippen LogP contribution in [-0.4, -0.2) is 40.8 Å². The number of fused-ring (bicyclic) bond motifs is 1. The maximum atomic E-state index is 13.2. The van der Waals surface area contributed by atoms with Crippen molar-refractivity contribution in [3.05, 3.63) is 79.2 Å². The Bertz CT molecular complexity index is 1540. The standard InChI is InChI=1S/C22H16I2N4O5S2/c23-13-3-1-2-12(8-13)9-18(22(30)31)27-20(29)15-5-4-14(24)10-17(15)28-35(32,33)21-16-11-26-34-19(16)6-7-25-21/h1-8,10-11,18,28H,9H2,(H,27,29)(H,30,31)/t18-/m0/s1. The van der Waals surface area contributed by atoms with Crippen LogP contribution in [0.1, 0.15) is 15.9 Å². The molecule has 35 heavy (non-hydrogen) atoms. The van der Waals surface area contributed by atoms with Gasteiger partial charge in [0.05, 0.1) is 27.5 Å². The summed E-state index contributed by atoms with van der Waals surface area (Å²) < 4.78 is 35.1. The van der Waals surface area contributed by atoms with E-state index >= 15 is 0 Å². The number of carbonyl (C=O) groups excluding carboxylic acids is 1. The van der Waals surface area contributed by atoms with Gasteiger partial charge in [-0.2, -0.15) is 12.8 Å². The van der Waals surface area contributed by atoms with E-state index in [1.807, 2.05) is 34.7 Å². The van der Waals surface area contributed by atoms with Crippen molar-refractivity contribution >= 4 is 94.4 Å². The molecule has 0 unspecified atom stereocenters. The molecule has 0 saturated carbocycles. The second-order valence-corrected chi connectivity index (χ2v) is 12.3. The van der Waals surface area contributed by atoms with Crippen LogP contribution in [0, 0.1) is 7.14 Å².